The first-order valence-corrected chi connectivity index (χ1v) is 13.9. The fraction of sp³-hybridized carbons (Fsp3) is 0.815. The lowest BCUT2D eigenvalue weighted by Crippen LogP contribution is -2.54. The predicted molar refractivity (Wildman–Crippen MR) is 130 cm³/mol. The molecule has 4 aliphatic carbocycles. The second-order valence-electron chi connectivity index (χ2n) is 11.2. The van der Waals surface area contributed by atoms with Crippen LogP contribution in [0.3, 0.4) is 0 Å². The van der Waals surface area contributed by atoms with Crippen LogP contribution < -0.4 is 21.3 Å². The third kappa shape index (κ3) is 4.38. The average molecular weight is 438 g/mol. The summed E-state index contributed by atoms with van der Waals surface area (Å²) >= 11 is 0. The van der Waals surface area contributed by atoms with E-state index >= 15 is 0 Å². The van der Waals surface area contributed by atoms with Crippen molar-refractivity contribution in [2.24, 2.45) is 0 Å². The van der Waals surface area contributed by atoms with Gasteiger partial charge in [0.2, 0.25) is 0 Å². The van der Waals surface area contributed by atoms with Crippen LogP contribution in [0.1, 0.15) is 112 Å². The van der Waals surface area contributed by atoms with Crippen molar-refractivity contribution in [2.45, 2.75) is 126 Å². The van der Waals surface area contributed by atoms with Gasteiger partial charge in [-0.3, -0.25) is 4.98 Å². The van der Waals surface area contributed by atoms with Gasteiger partial charge in [0.15, 0.2) is 0 Å². The van der Waals surface area contributed by atoms with Crippen molar-refractivity contribution in [2.75, 3.05) is 13.1 Å². The monoisotopic (exact) mass is 437 g/mol. The molecule has 5 heteroatoms. The maximum absolute atomic E-state index is 5.50. The second-order valence-corrected chi connectivity index (χ2v) is 11.2. The van der Waals surface area contributed by atoms with Gasteiger partial charge in [-0.15, -0.1) is 0 Å². The summed E-state index contributed by atoms with van der Waals surface area (Å²) in [5, 5.41) is 16.1. The van der Waals surface area contributed by atoms with E-state index in [1.165, 1.54) is 112 Å². The van der Waals surface area contributed by atoms with Gasteiger partial charge in [-0.25, -0.2) is 0 Å². The molecule has 32 heavy (non-hydrogen) atoms. The van der Waals surface area contributed by atoms with Gasteiger partial charge in [0.05, 0.1) is 23.5 Å². The minimum absolute atomic E-state index is 0.435. The fourth-order valence-corrected chi connectivity index (χ4v) is 7.41. The molecule has 2 unspecified atom stereocenters. The number of pyridine rings is 1. The van der Waals surface area contributed by atoms with Crippen molar-refractivity contribution in [1.82, 2.24) is 26.3 Å². The standard InChI is InChI=1S/C27H43N5/c1-3-11-22-20(9-1)28-15-16-29-21-10-2-4-12-23(21)31-25-14-6-8-19-17-18-7-5-13-24(30-22)26(18)32-27(19)25/h17,20-25,28-31H,1-16H2/t20-,21?,22-,23-,24+,25?/m1/s1. The summed E-state index contributed by atoms with van der Waals surface area (Å²) in [4.78, 5) is 5.50. The van der Waals surface area contributed by atoms with E-state index in [0.29, 0.717) is 36.3 Å². The minimum Gasteiger partial charge on any atom is -0.311 e. The molecule has 0 spiro atoms. The number of fused-ring (bicyclic) bond motifs is 2. The molecule has 0 saturated heterocycles. The lowest BCUT2D eigenvalue weighted by Gasteiger charge is -2.38. The third-order valence-corrected chi connectivity index (χ3v) is 9.09. The molecule has 1 aromatic rings. The molecule has 0 radical (unpaired) electrons. The maximum Gasteiger partial charge on any atom is 0.0609 e. The number of aryl methyl sites for hydroxylation is 2. The van der Waals surface area contributed by atoms with Crippen LogP contribution in [0.2, 0.25) is 0 Å². The molecule has 2 fully saturated rings. The van der Waals surface area contributed by atoms with E-state index in [1.807, 2.05) is 0 Å². The summed E-state index contributed by atoms with van der Waals surface area (Å²) in [5.41, 5.74) is 5.85. The molecule has 2 bridgehead atoms. The molecule has 5 aliphatic rings. The Labute approximate surface area is 194 Å². The number of rotatable bonds is 0. The average Bonchev–Trinajstić information content (AvgIpc) is 2.83. The van der Waals surface area contributed by atoms with Gasteiger partial charge in [0, 0.05) is 37.3 Å². The van der Waals surface area contributed by atoms with Gasteiger partial charge in [-0.05, 0) is 75.3 Å². The molecule has 6 atom stereocenters. The lowest BCUT2D eigenvalue weighted by atomic mass is 9.83. The Morgan fingerprint density at radius 3 is 1.53 bits per heavy atom. The predicted octanol–water partition coefficient (Wildman–Crippen LogP) is 3.83. The molecule has 0 amide bonds. The van der Waals surface area contributed by atoms with Crippen molar-refractivity contribution in [3.05, 3.63) is 28.6 Å². The van der Waals surface area contributed by atoms with Crippen LogP contribution in [0.25, 0.3) is 0 Å². The van der Waals surface area contributed by atoms with E-state index in [9.17, 15) is 0 Å². The van der Waals surface area contributed by atoms with E-state index in [0.717, 1.165) is 13.1 Å². The Kier molecular flexibility index (Phi) is 6.52. The Hall–Kier alpha value is -1.01. The van der Waals surface area contributed by atoms with Crippen molar-refractivity contribution in [1.29, 1.82) is 0 Å². The summed E-state index contributed by atoms with van der Waals surface area (Å²) in [6.45, 7) is 2.17. The SMILES string of the molecule is c1c2c3nc4c1CCC[C@@H]4N[C@@H]1CCCC[C@H]1NCCNC1CCCC[C@H]1NC3CCC2. The number of hydrogen-bond donors (Lipinski definition) is 4. The molecular weight excluding hydrogens is 394 g/mol. The molecule has 6 rings (SSSR count). The van der Waals surface area contributed by atoms with E-state index in [-0.39, 0.29) is 0 Å². The van der Waals surface area contributed by atoms with E-state index in [1.54, 1.807) is 0 Å². The van der Waals surface area contributed by atoms with Crippen LogP contribution in [0.4, 0.5) is 0 Å². The first-order chi connectivity index (χ1) is 15.8. The van der Waals surface area contributed by atoms with Crippen molar-refractivity contribution < 1.29 is 0 Å². The van der Waals surface area contributed by atoms with Crippen molar-refractivity contribution in [3.63, 3.8) is 0 Å². The van der Waals surface area contributed by atoms with Gasteiger partial charge >= 0.3 is 0 Å². The number of nitrogens with one attached hydrogen (secondary N) is 4. The smallest absolute Gasteiger partial charge is 0.0609 e. The van der Waals surface area contributed by atoms with Gasteiger partial charge in [0.25, 0.3) is 0 Å². The van der Waals surface area contributed by atoms with Gasteiger partial charge < -0.3 is 21.3 Å². The molecular formula is C27H43N5. The summed E-state index contributed by atoms with van der Waals surface area (Å²) < 4.78 is 0. The zero-order chi connectivity index (χ0) is 21.3. The summed E-state index contributed by atoms with van der Waals surface area (Å²) in [6, 6.07) is 5.80. The maximum atomic E-state index is 5.50. The largest absolute Gasteiger partial charge is 0.311 e. The molecule has 1 aromatic heterocycles. The lowest BCUT2D eigenvalue weighted by molar-refractivity contribution is 0.243. The molecule has 5 nitrogen and oxygen atoms in total. The first-order valence-electron chi connectivity index (χ1n) is 13.9. The van der Waals surface area contributed by atoms with E-state index in [2.05, 4.69) is 27.3 Å². The minimum atomic E-state index is 0.435. The topological polar surface area (TPSA) is 61.0 Å². The highest BCUT2D eigenvalue weighted by Gasteiger charge is 2.34. The highest BCUT2D eigenvalue weighted by atomic mass is 15.1. The first kappa shape index (κ1) is 21.5. The van der Waals surface area contributed by atoms with Gasteiger partial charge in [0.1, 0.15) is 0 Å². The normalized spacial score (nSPS) is 38.0. The summed E-state index contributed by atoms with van der Waals surface area (Å²) in [5.74, 6) is 0. The van der Waals surface area contributed by atoms with E-state index < -0.39 is 0 Å². The molecule has 2 heterocycles. The highest BCUT2D eigenvalue weighted by Crippen LogP contribution is 2.37. The molecule has 176 valence electrons. The van der Waals surface area contributed by atoms with Crippen molar-refractivity contribution in [3.8, 4) is 0 Å². The van der Waals surface area contributed by atoms with Crippen molar-refractivity contribution >= 4 is 0 Å². The molecule has 0 aromatic carbocycles. The molecule has 2 saturated carbocycles. The zero-order valence-electron chi connectivity index (χ0n) is 19.8. The Bertz CT molecular complexity index is 733. The second kappa shape index (κ2) is 9.69. The Morgan fingerprint density at radius 2 is 1.03 bits per heavy atom. The van der Waals surface area contributed by atoms with Crippen LogP contribution in [0.5, 0.6) is 0 Å². The molecule has 1 aliphatic heterocycles. The third-order valence-electron chi connectivity index (χ3n) is 9.09. The Morgan fingerprint density at radius 1 is 0.562 bits per heavy atom. The highest BCUT2D eigenvalue weighted by molar-refractivity contribution is 5.37. The van der Waals surface area contributed by atoms with Gasteiger partial charge in [-0.2, -0.15) is 0 Å². The van der Waals surface area contributed by atoms with Crippen LogP contribution in [-0.4, -0.2) is 42.2 Å². The van der Waals surface area contributed by atoms with Crippen LogP contribution >= 0.6 is 0 Å². The molecule has 4 N–H and O–H groups in total. The number of hydrogen-bond acceptors (Lipinski definition) is 5. The van der Waals surface area contributed by atoms with Crippen LogP contribution in [0, 0.1) is 0 Å². The van der Waals surface area contributed by atoms with E-state index in [4.69, 9.17) is 4.98 Å². The number of nitrogens with zero attached hydrogens (tertiary/aromatic N) is 1. The Balaban J connectivity index is 1.35. The summed E-state index contributed by atoms with van der Waals surface area (Å²) in [7, 11) is 0. The summed E-state index contributed by atoms with van der Waals surface area (Å²) in [6.07, 6.45) is 18.2. The fourth-order valence-electron chi connectivity index (χ4n) is 7.41. The van der Waals surface area contributed by atoms with Gasteiger partial charge in [-0.1, -0.05) is 31.7 Å². The number of aromatic nitrogens is 1. The quantitative estimate of drug-likeness (QED) is 0.497. The van der Waals surface area contributed by atoms with Crippen LogP contribution in [-0.2, 0) is 12.8 Å². The zero-order valence-corrected chi connectivity index (χ0v) is 19.8. The van der Waals surface area contributed by atoms with Crippen LogP contribution in [0.15, 0.2) is 6.07 Å².